The van der Waals surface area contributed by atoms with Crippen LogP contribution in [0.2, 0.25) is 0 Å². The summed E-state index contributed by atoms with van der Waals surface area (Å²) in [5.74, 6) is 0. The molecule has 0 aliphatic rings. The second-order valence-electron chi connectivity index (χ2n) is 3.90. The summed E-state index contributed by atoms with van der Waals surface area (Å²) in [5, 5.41) is 7.11. The predicted octanol–water partition coefficient (Wildman–Crippen LogP) is 4.12. The van der Waals surface area contributed by atoms with Crippen molar-refractivity contribution in [1.29, 1.82) is 0 Å². The van der Waals surface area contributed by atoms with Crippen LogP contribution in [0, 0.1) is 0 Å². The number of nitrogens with zero attached hydrogens (tertiary/aromatic N) is 1. The van der Waals surface area contributed by atoms with Gasteiger partial charge in [-0.15, -0.1) is 0 Å². The van der Waals surface area contributed by atoms with Gasteiger partial charge in [-0.2, -0.15) is 0 Å². The van der Waals surface area contributed by atoms with Crippen molar-refractivity contribution in [2.45, 2.75) is 6.92 Å². The summed E-state index contributed by atoms with van der Waals surface area (Å²) in [7, 11) is 1.84. The second-order valence-corrected chi connectivity index (χ2v) is 3.90. The molecule has 1 N–H and O–H groups in total. The van der Waals surface area contributed by atoms with Gasteiger partial charge in [0.25, 0.3) is 0 Å². The van der Waals surface area contributed by atoms with Gasteiger partial charge in [0.2, 0.25) is 0 Å². The topological polar surface area (TPSA) is 38.1 Å². The Labute approximate surface area is 120 Å². The molecule has 20 heavy (non-hydrogen) atoms. The van der Waals surface area contributed by atoms with Crippen LogP contribution in [0.25, 0.3) is 11.1 Å². The normalized spacial score (nSPS) is 13.1. The summed E-state index contributed by atoms with van der Waals surface area (Å²) in [6.45, 7) is 9.33. The van der Waals surface area contributed by atoms with E-state index in [1.165, 1.54) is 0 Å². The molecule has 1 heterocycles. The van der Waals surface area contributed by atoms with Crippen molar-refractivity contribution in [3.8, 4) is 0 Å². The fourth-order valence-corrected chi connectivity index (χ4v) is 1.69. The lowest BCUT2D eigenvalue weighted by Crippen LogP contribution is -1.97. The molecule has 0 saturated carbocycles. The van der Waals surface area contributed by atoms with E-state index in [0.29, 0.717) is 0 Å². The van der Waals surface area contributed by atoms with E-state index in [1.54, 1.807) is 18.4 Å². The van der Waals surface area contributed by atoms with E-state index in [4.69, 9.17) is 4.52 Å². The molecule has 1 aromatic heterocycles. The number of allylic oxidation sites excluding steroid dienone is 9. The number of hydrogen-bond acceptors (Lipinski definition) is 3. The summed E-state index contributed by atoms with van der Waals surface area (Å²) in [6.07, 6.45) is 16.6. The van der Waals surface area contributed by atoms with Gasteiger partial charge >= 0.3 is 0 Å². The van der Waals surface area contributed by atoms with Crippen LogP contribution in [0.1, 0.15) is 18.2 Å². The Morgan fingerprint density at radius 3 is 2.40 bits per heavy atom. The molecule has 0 atom stereocenters. The van der Waals surface area contributed by atoms with Gasteiger partial charge in [-0.1, -0.05) is 60.8 Å². The molecular weight excluding hydrogens is 248 g/mol. The van der Waals surface area contributed by atoms with Gasteiger partial charge < -0.3 is 9.84 Å². The molecule has 0 bridgehead atoms. The Balaban J connectivity index is 3.26. The smallest absolute Gasteiger partial charge is 0.132 e. The van der Waals surface area contributed by atoms with E-state index < -0.39 is 0 Å². The van der Waals surface area contributed by atoms with E-state index in [2.05, 4.69) is 23.6 Å². The third-order valence-corrected chi connectivity index (χ3v) is 2.59. The van der Waals surface area contributed by atoms with Gasteiger partial charge in [-0.25, -0.2) is 0 Å². The Morgan fingerprint density at radius 2 is 1.85 bits per heavy atom. The first kappa shape index (κ1) is 15.5. The Kier molecular flexibility index (Phi) is 6.62. The van der Waals surface area contributed by atoms with Crippen LogP contribution in [0.15, 0.2) is 72.7 Å². The van der Waals surface area contributed by atoms with Crippen molar-refractivity contribution in [3.63, 3.8) is 0 Å². The lowest BCUT2D eigenvalue weighted by molar-refractivity contribution is 0.417. The SMILES string of the molecule is C=C/C=C\C(=C/C)c1conc1C(/C=C\C=C)=C/NC. The molecule has 0 spiro atoms. The molecule has 0 unspecified atom stereocenters. The maximum absolute atomic E-state index is 5.14. The van der Waals surface area contributed by atoms with Crippen molar-refractivity contribution in [2.24, 2.45) is 0 Å². The van der Waals surface area contributed by atoms with Crippen LogP contribution in [0.5, 0.6) is 0 Å². The molecule has 1 rings (SSSR count). The van der Waals surface area contributed by atoms with E-state index >= 15 is 0 Å². The van der Waals surface area contributed by atoms with E-state index in [1.807, 2.05) is 50.6 Å². The molecule has 1 aromatic rings. The monoisotopic (exact) mass is 268 g/mol. The van der Waals surface area contributed by atoms with Gasteiger partial charge in [0.15, 0.2) is 0 Å². The molecule has 3 nitrogen and oxygen atoms in total. The maximum atomic E-state index is 5.14. The van der Waals surface area contributed by atoms with Crippen LogP contribution < -0.4 is 5.32 Å². The van der Waals surface area contributed by atoms with Crippen LogP contribution in [-0.4, -0.2) is 12.2 Å². The summed E-state index contributed by atoms with van der Waals surface area (Å²) < 4.78 is 5.14. The molecule has 0 amide bonds. The third kappa shape index (κ3) is 3.99. The zero-order valence-corrected chi connectivity index (χ0v) is 12.0. The molecule has 0 aliphatic carbocycles. The number of aromatic nitrogens is 1. The van der Waals surface area contributed by atoms with Gasteiger partial charge in [0, 0.05) is 24.4 Å². The lowest BCUT2D eigenvalue weighted by atomic mass is 10.0. The van der Waals surface area contributed by atoms with Crippen LogP contribution in [-0.2, 0) is 0 Å². The Hall–Kier alpha value is -2.55. The fourth-order valence-electron chi connectivity index (χ4n) is 1.69. The highest BCUT2D eigenvalue weighted by molar-refractivity contribution is 5.84. The number of nitrogens with one attached hydrogen (secondary N) is 1. The average molecular weight is 268 g/mol. The molecular formula is C17H20N2O. The standard InChI is InChI=1S/C17H20N2O/c1-5-8-10-14(7-3)16-13-20-19-17(16)15(12-18-4)11-9-6-2/h5-13,18H,1-2H2,3-4H3/b10-8-,11-9-,14-7+,15-12+. The van der Waals surface area contributed by atoms with Crippen molar-refractivity contribution in [2.75, 3.05) is 7.05 Å². The minimum Gasteiger partial charge on any atom is -0.393 e. The van der Waals surface area contributed by atoms with Gasteiger partial charge in [0.1, 0.15) is 12.0 Å². The zero-order chi connectivity index (χ0) is 14.8. The second kappa shape index (κ2) is 8.53. The quantitative estimate of drug-likeness (QED) is 0.756. The predicted molar refractivity (Wildman–Crippen MR) is 85.9 cm³/mol. The Bertz CT molecular complexity index is 572. The third-order valence-electron chi connectivity index (χ3n) is 2.59. The highest BCUT2D eigenvalue weighted by Gasteiger charge is 2.12. The van der Waals surface area contributed by atoms with E-state index in [-0.39, 0.29) is 0 Å². The van der Waals surface area contributed by atoms with Crippen LogP contribution >= 0.6 is 0 Å². The van der Waals surface area contributed by atoms with E-state index in [9.17, 15) is 0 Å². The first-order valence-corrected chi connectivity index (χ1v) is 6.35. The van der Waals surface area contributed by atoms with Gasteiger partial charge in [-0.05, 0) is 12.5 Å². The molecule has 0 saturated heterocycles. The lowest BCUT2D eigenvalue weighted by Gasteiger charge is -2.03. The summed E-state index contributed by atoms with van der Waals surface area (Å²) in [6, 6.07) is 0. The minimum atomic E-state index is 0.777. The average Bonchev–Trinajstić information content (AvgIpc) is 2.93. The number of hydrogen-bond donors (Lipinski definition) is 1. The van der Waals surface area contributed by atoms with Crippen molar-refractivity contribution in [3.05, 3.63) is 79.4 Å². The summed E-state index contributed by atoms with van der Waals surface area (Å²) >= 11 is 0. The summed E-state index contributed by atoms with van der Waals surface area (Å²) in [5.41, 5.74) is 3.65. The molecule has 0 radical (unpaired) electrons. The zero-order valence-electron chi connectivity index (χ0n) is 12.0. The highest BCUT2D eigenvalue weighted by atomic mass is 16.5. The first-order valence-electron chi connectivity index (χ1n) is 6.35. The minimum absolute atomic E-state index is 0.777. The molecule has 3 heteroatoms. The van der Waals surface area contributed by atoms with Crippen molar-refractivity contribution < 1.29 is 4.52 Å². The summed E-state index contributed by atoms with van der Waals surface area (Å²) in [4.78, 5) is 0. The van der Waals surface area contributed by atoms with Gasteiger partial charge in [-0.3, -0.25) is 0 Å². The number of rotatable bonds is 7. The van der Waals surface area contributed by atoms with Crippen LogP contribution in [0.4, 0.5) is 0 Å². The van der Waals surface area contributed by atoms with Gasteiger partial charge in [0.05, 0.1) is 0 Å². The van der Waals surface area contributed by atoms with Crippen molar-refractivity contribution >= 4 is 11.1 Å². The first-order chi connectivity index (χ1) is 9.78. The maximum Gasteiger partial charge on any atom is 0.132 e. The van der Waals surface area contributed by atoms with Crippen LogP contribution in [0.3, 0.4) is 0 Å². The molecule has 0 aromatic carbocycles. The Morgan fingerprint density at radius 1 is 1.20 bits per heavy atom. The van der Waals surface area contributed by atoms with Crippen molar-refractivity contribution in [1.82, 2.24) is 10.5 Å². The molecule has 0 aliphatic heterocycles. The largest absolute Gasteiger partial charge is 0.393 e. The molecule has 0 fully saturated rings. The fraction of sp³-hybridized carbons (Fsp3) is 0.118. The van der Waals surface area contributed by atoms with E-state index in [0.717, 1.165) is 22.4 Å². The molecule has 104 valence electrons. The highest BCUT2D eigenvalue weighted by Crippen LogP contribution is 2.26.